The number of halogens is 2. The minimum Gasteiger partial charge on any atom is -0.356 e. The summed E-state index contributed by atoms with van der Waals surface area (Å²) in [4.78, 5) is 18.2. The average Bonchev–Trinajstić information content (AvgIpc) is 3.06. The number of guanidine groups is 1. The maximum atomic E-state index is 11.9. The van der Waals surface area contributed by atoms with E-state index in [4.69, 9.17) is 11.6 Å². The largest absolute Gasteiger partial charge is 0.356 e. The number of benzene rings is 1. The maximum Gasteiger partial charge on any atom is 0.221 e. The molecule has 0 atom stereocenters. The van der Waals surface area contributed by atoms with Crippen LogP contribution in [0.15, 0.2) is 29.3 Å². The molecule has 0 bridgehead atoms. The topological polar surface area (TPSA) is 56.7 Å². The summed E-state index contributed by atoms with van der Waals surface area (Å²) in [6.07, 6.45) is 5.15. The summed E-state index contributed by atoms with van der Waals surface area (Å²) in [5, 5.41) is 7.08. The van der Waals surface area contributed by atoms with E-state index in [0.29, 0.717) is 19.0 Å². The molecular formula is C18H28ClIN4O. The second-order valence-electron chi connectivity index (χ2n) is 6.26. The van der Waals surface area contributed by atoms with Crippen LogP contribution in [0.3, 0.4) is 0 Å². The first-order valence-electron chi connectivity index (χ1n) is 8.54. The fourth-order valence-corrected chi connectivity index (χ4v) is 3.11. The van der Waals surface area contributed by atoms with Crippen LogP contribution in [0.25, 0.3) is 0 Å². The van der Waals surface area contributed by atoms with Gasteiger partial charge in [-0.1, -0.05) is 36.6 Å². The van der Waals surface area contributed by atoms with Crippen LogP contribution in [0.5, 0.6) is 0 Å². The molecule has 25 heavy (non-hydrogen) atoms. The first-order valence-corrected chi connectivity index (χ1v) is 8.92. The van der Waals surface area contributed by atoms with Gasteiger partial charge in [0.05, 0.1) is 0 Å². The number of rotatable bonds is 6. The molecule has 1 aromatic carbocycles. The van der Waals surface area contributed by atoms with Crippen LogP contribution in [0, 0.1) is 0 Å². The molecule has 0 unspecified atom stereocenters. The van der Waals surface area contributed by atoms with Gasteiger partial charge in [-0.15, -0.1) is 24.0 Å². The van der Waals surface area contributed by atoms with Crippen LogP contribution < -0.4 is 10.6 Å². The molecule has 1 aromatic rings. The zero-order valence-electron chi connectivity index (χ0n) is 14.9. The minimum absolute atomic E-state index is 0. The maximum absolute atomic E-state index is 11.9. The Balaban J connectivity index is 0.00000312. The SMILES string of the molecule is CN=C(NCCC(=O)NC1CCCC1)N(C)Cc1ccc(Cl)cc1.I. The van der Waals surface area contributed by atoms with E-state index in [1.54, 1.807) is 7.05 Å². The van der Waals surface area contributed by atoms with E-state index < -0.39 is 0 Å². The molecule has 0 radical (unpaired) electrons. The van der Waals surface area contributed by atoms with Crippen molar-refractivity contribution in [1.29, 1.82) is 0 Å². The molecule has 2 rings (SSSR count). The van der Waals surface area contributed by atoms with Crippen LogP contribution in [-0.2, 0) is 11.3 Å². The Hall–Kier alpha value is -1.02. The molecule has 2 N–H and O–H groups in total. The predicted molar refractivity (Wildman–Crippen MR) is 115 cm³/mol. The third kappa shape index (κ3) is 7.81. The lowest BCUT2D eigenvalue weighted by Crippen LogP contribution is -2.41. The molecule has 1 fully saturated rings. The number of carbonyl (C=O) groups excluding carboxylic acids is 1. The lowest BCUT2D eigenvalue weighted by Gasteiger charge is -2.22. The third-order valence-corrected chi connectivity index (χ3v) is 4.51. The zero-order chi connectivity index (χ0) is 17.4. The monoisotopic (exact) mass is 478 g/mol. The Morgan fingerprint density at radius 2 is 1.92 bits per heavy atom. The van der Waals surface area contributed by atoms with Crippen molar-refractivity contribution >= 4 is 47.4 Å². The molecule has 140 valence electrons. The fraction of sp³-hybridized carbons (Fsp3) is 0.556. The van der Waals surface area contributed by atoms with Crippen molar-refractivity contribution in [3.8, 4) is 0 Å². The molecule has 0 aliphatic heterocycles. The number of amides is 1. The van der Waals surface area contributed by atoms with E-state index in [9.17, 15) is 4.79 Å². The van der Waals surface area contributed by atoms with Gasteiger partial charge in [-0.2, -0.15) is 0 Å². The molecule has 1 aliphatic carbocycles. The van der Waals surface area contributed by atoms with Gasteiger partial charge < -0.3 is 15.5 Å². The van der Waals surface area contributed by atoms with E-state index in [2.05, 4.69) is 15.6 Å². The lowest BCUT2D eigenvalue weighted by atomic mass is 10.2. The fourth-order valence-electron chi connectivity index (χ4n) is 2.98. The summed E-state index contributed by atoms with van der Waals surface area (Å²) >= 11 is 5.91. The Bertz CT molecular complexity index is 559. The second-order valence-corrected chi connectivity index (χ2v) is 6.69. The number of nitrogens with zero attached hydrogens (tertiary/aromatic N) is 2. The van der Waals surface area contributed by atoms with Gasteiger partial charge in [0.15, 0.2) is 5.96 Å². The number of hydrogen-bond acceptors (Lipinski definition) is 2. The molecule has 0 saturated heterocycles. The summed E-state index contributed by atoms with van der Waals surface area (Å²) in [7, 11) is 3.72. The van der Waals surface area contributed by atoms with Crippen LogP contribution in [0.4, 0.5) is 0 Å². The highest BCUT2D eigenvalue weighted by molar-refractivity contribution is 14.0. The first kappa shape index (κ1) is 22.0. The summed E-state index contributed by atoms with van der Waals surface area (Å²) in [6.45, 7) is 1.31. The Labute approximate surface area is 172 Å². The quantitative estimate of drug-likeness (QED) is 0.374. The molecule has 0 heterocycles. The van der Waals surface area contributed by atoms with Gasteiger partial charge in [-0.05, 0) is 30.5 Å². The Kier molecular flexibility index (Phi) is 10.2. The Morgan fingerprint density at radius 1 is 1.28 bits per heavy atom. The normalized spacial score (nSPS) is 14.8. The Morgan fingerprint density at radius 3 is 2.52 bits per heavy atom. The molecule has 0 aromatic heterocycles. The highest BCUT2D eigenvalue weighted by Crippen LogP contribution is 2.17. The summed E-state index contributed by atoms with van der Waals surface area (Å²) < 4.78 is 0. The van der Waals surface area contributed by atoms with E-state index in [0.717, 1.165) is 35.9 Å². The molecule has 7 heteroatoms. The van der Waals surface area contributed by atoms with Gasteiger partial charge in [-0.3, -0.25) is 9.79 Å². The molecular weight excluding hydrogens is 451 g/mol. The van der Waals surface area contributed by atoms with Crippen LogP contribution in [0.2, 0.25) is 5.02 Å². The summed E-state index contributed by atoms with van der Waals surface area (Å²) in [6, 6.07) is 8.15. The third-order valence-electron chi connectivity index (χ3n) is 4.26. The van der Waals surface area contributed by atoms with Crippen molar-refractivity contribution in [2.24, 2.45) is 4.99 Å². The highest BCUT2D eigenvalue weighted by atomic mass is 127. The molecule has 0 spiro atoms. The smallest absolute Gasteiger partial charge is 0.221 e. The van der Waals surface area contributed by atoms with Gasteiger partial charge in [0.25, 0.3) is 0 Å². The predicted octanol–water partition coefficient (Wildman–Crippen LogP) is 3.41. The number of carbonyl (C=O) groups is 1. The standard InChI is InChI=1S/C18H27ClN4O.HI/c1-20-18(23(2)13-14-7-9-15(19)10-8-14)21-12-11-17(24)22-16-5-3-4-6-16;/h7-10,16H,3-6,11-13H2,1-2H3,(H,20,21)(H,22,24);1H. The van der Waals surface area contributed by atoms with Crippen molar-refractivity contribution < 1.29 is 4.79 Å². The number of aliphatic imine (C=N–C) groups is 1. The molecule has 5 nitrogen and oxygen atoms in total. The van der Waals surface area contributed by atoms with Gasteiger partial charge in [0.2, 0.25) is 5.91 Å². The van der Waals surface area contributed by atoms with E-state index in [-0.39, 0.29) is 29.9 Å². The summed E-state index contributed by atoms with van der Waals surface area (Å²) in [5.41, 5.74) is 1.16. The van der Waals surface area contributed by atoms with E-state index in [1.165, 1.54) is 12.8 Å². The first-order chi connectivity index (χ1) is 11.6. The second kappa shape index (κ2) is 11.6. The highest BCUT2D eigenvalue weighted by Gasteiger charge is 2.16. The van der Waals surface area contributed by atoms with Crippen molar-refractivity contribution in [2.45, 2.75) is 44.7 Å². The van der Waals surface area contributed by atoms with E-state index >= 15 is 0 Å². The van der Waals surface area contributed by atoms with Crippen molar-refractivity contribution in [3.05, 3.63) is 34.9 Å². The van der Waals surface area contributed by atoms with Crippen LogP contribution >= 0.6 is 35.6 Å². The molecule has 1 aliphatic rings. The van der Waals surface area contributed by atoms with Crippen molar-refractivity contribution in [2.75, 3.05) is 20.6 Å². The molecule has 1 saturated carbocycles. The van der Waals surface area contributed by atoms with E-state index in [1.807, 2.05) is 36.2 Å². The summed E-state index contributed by atoms with van der Waals surface area (Å²) in [5.74, 6) is 0.892. The van der Waals surface area contributed by atoms with Gasteiger partial charge >= 0.3 is 0 Å². The van der Waals surface area contributed by atoms with Crippen molar-refractivity contribution in [1.82, 2.24) is 15.5 Å². The number of hydrogen-bond donors (Lipinski definition) is 2. The van der Waals surface area contributed by atoms with Crippen LogP contribution in [0.1, 0.15) is 37.7 Å². The number of nitrogens with one attached hydrogen (secondary N) is 2. The minimum atomic E-state index is 0. The van der Waals surface area contributed by atoms with Crippen LogP contribution in [-0.4, -0.2) is 43.4 Å². The van der Waals surface area contributed by atoms with Gasteiger partial charge in [0, 0.05) is 44.7 Å². The lowest BCUT2D eigenvalue weighted by molar-refractivity contribution is -0.121. The van der Waals surface area contributed by atoms with Gasteiger partial charge in [0.1, 0.15) is 0 Å². The molecule has 1 amide bonds. The average molecular weight is 479 g/mol. The van der Waals surface area contributed by atoms with Crippen molar-refractivity contribution in [3.63, 3.8) is 0 Å². The van der Waals surface area contributed by atoms with Gasteiger partial charge in [-0.25, -0.2) is 0 Å². The zero-order valence-corrected chi connectivity index (χ0v) is 18.0.